The van der Waals surface area contributed by atoms with Crippen molar-refractivity contribution in [3.63, 3.8) is 0 Å². The summed E-state index contributed by atoms with van der Waals surface area (Å²) in [6, 6.07) is 7.42. The molecule has 2 aromatic rings. The molecule has 118 valence electrons. The maximum atomic E-state index is 12.2. The first kappa shape index (κ1) is 16.0. The lowest BCUT2D eigenvalue weighted by Gasteiger charge is -2.28. The predicted octanol–water partition coefficient (Wildman–Crippen LogP) is 1.83. The van der Waals surface area contributed by atoms with E-state index >= 15 is 0 Å². The molecule has 1 atom stereocenters. The maximum Gasteiger partial charge on any atom is 0.338 e. The number of rotatable bonds is 4. The number of nitrogens with two attached hydrogens (primary N) is 1. The second kappa shape index (κ2) is 5.46. The number of nitrogens with one attached hydrogen (secondary N) is 1. The van der Waals surface area contributed by atoms with Crippen molar-refractivity contribution in [2.45, 2.75) is 38.3 Å². The maximum absolute atomic E-state index is 12.2. The molecule has 1 aromatic carbocycles. The van der Waals surface area contributed by atoms with E-state index in [1.807, 2.05) is 24.3 Å². The molecule has 0 aliphatic rings. The number of hydrogen-bond donors (Lipinski definition) is 3. The monoisotopic (exact) mass is 304 g/mol. The van der Waals surface area contributed by atoms with E-state index in [1.54, 1.807) is 27.0 Å². The van der Waals surface area contributed by atoms with Gasteiger partial charge in [-0.15, -0.1) is 0 Å². The zero-order chi connectivity index (χ0) is 16.5. The number of aliphatic carboxylic acids is 1. The smallest absolute Gasteiger partial charge is 0.338 e. The Hall–Kier alpha value is -2.34. The Balaban J connectivity index is 2.36. The number of aromatic amines is 1. The zero-order valence-electron chi connectivity index (χ0n) is 12.8. The van der Waals surface area contributed by atoms with Gasteiger partial charge in [-0.2, -0.15) is 0 Å². The van der Waals surface area contributed by atoms with Crippen molar-refractivity contribution < 1.29 is 19.4 Å². The second-order valence-corrected chi connectivity index (χ2v) is 6.31. The molecule has 1 heterocycles. The molecule has 0 aliphatic carbocycles. The number of aromatic nitrogens is 1. The highest BCUT2D eigenvalue weighted by atomic mass is 16.6. The number of ether oxygens (including phenoxy) is 1. The molecule has 6 heteroatoms. The molecule has 4 N–H and O–H groups in total. The normalized spacial score (nSPS) is 14.5. The van der Waals surface area contributed by atoms with Gasteiger partial charge in [-0.1, -0.05) is 18.2 Å². The lowest BCUT2D eigenvalue weighted by atomic mass is 9.91. The minimum absolute atomic E-state index is 0.152. The number of esters is 1. The Labute approximate surface area is 128 Å². The van der Waals surface area contributed by atoms with Crippen LogP contribution in [0.5, 0.6) is 0 Å². The number of carbonyl (C=O) groups is 2. The van der Waals surface area contributed by atoms with Crippen LogP contribution in [-0.2, 0) is 20.7 Å². The Morgan fingerprint density at radius 1 is 1.27 bits per heavy atom. The minimum atomic E-state index is -2.13. The quantitative estimate of drug-likeness (QED) is 0.590. The molecule has 2 rings (SSSR count). The fourth-order valence-electron chi connectivity index (χ4n) is 2.18. The topological polar surface area (TPSA) is 105 Å². The first-order chi connectivity index (χ1) is 10.1. The summed E-state index contributed by atoms with van der Waals surface area (Å²) in [5.74, 6) is -2.36. The van der Waals surface area contributed by atoms with Gasteiger partial charge in [0.1, 0.15) is 5.60 Å². The number of fused-ring (bicyclic) bond motifs is 1. The van der Waals surface area contributed by atoms with Gasteiger partial charge in [0.05, 0.1) is 0 Å². The van der Waals surface area contributed by atoms with Crippen molar-refractivity contribution in [2.24, 2.45) is 5.73 Å². The van der Waals surface area contributed by atoms with Crippen LogP contribution in [0.2, 0.25) is 0 Å². The molecule has 0 aliphatic heterocycles. The highest BCUT2D eigenvalue weighted by molar-refractivity contribution is 6.04. The molecule has 0 fully saturated rings. The Morgan fingerprint density at radius 3 is 2.50 bits per heavy atom. The minimum Gasteiger partial charge on any atom is -0.479 e. The number of hydrogen-bond acceptors (Lipinski definition) is 4. The summed E-state index contributed by atoms with van der Waals surface area (Å²) in [6.07, 6.45) is 1.51. The summed E-state index contributed by atoms with van der Waals surface area (Å²) in [5, 5.41) is 10.3. The van der Waals surface area contributed by atoms with Gasteiger partial charge in [0.15, 0.2) is 0 Å². The SMILES string of the molecule is CC(C)(C)OC(=O)[C@](N)(Cc1c[nH]c2ccccc12)C(=O)O. The summed E-state index contributed by atoms with van der Waals surface area (Å²) < 4.78 is 5.17. The molecule has 0 saturated carbocycles. The first-order valence-electron chi connectivity index (χ1n) is 6.94. The summed E-state index contributed by atoms with van der Waals surface area (Å²) in [4.78, 5) is 26.9. The molecule has 0 amide bonds. The largest absolute Gasteiger partial charge is 0.479 e. The third-order valence-corrected chi connectivity index (χ3v) is 3.29. The van der Waals surface area contributed by atoms with E-state index in [2.05, 4.69) is 4.98 Å². The van der Waals surface area contributed by atoms with Gasteiger partial charge in [0, 0.05) is 23.5 Å². The molecule has 0 saturated heterocycles. The Morgan fingerprint density at radius 2 is 1.91 bits per heavy atom. The molecular formula is C16H20N2O4. The second-order valence-electron chi connectivity index (χ2n) is 6.31. The molecular weight excluding hydrogens is 284 g/mol. The van der Waals surface area contributed by atoms with Gasteiger partial charge < -0.3 is 20.6 Å². The van der Waals surface area contributed by atoms with E-state index in [0.29, 0.717) is 5.56 Å². The predicted molar refractivity (Wildman–Crippen MR) is 82.4 cm³/mol. The van der Waals surface area contributed by atoms with Gasteiger partial charge in [-0.05, 0) is 32.4 Å². The Bertz CT molecular complexity index is 714. The highest BCUT2D eigenvalue weighted by Crippen LogP contribution is 2.24. The number of H-pyrrole nitrogens is 1. The lowest BCUT2D eigenvalue weighted by molar-refractivity contribution is -0.169. The molecule has 0 radical (unpaired) electrons. The van der Waals surface area contributed by atoms with Crippen molar-refractivity contribution in [1.29, 1.82) is 0 Å². The molecule has 22 heavy (non-hydrogen) atoms. The summed E-state index contributed by atoms with van der Waals surface area (Å²) in [6.45, 7) is 5.00. The molecule has 0 spiro atoms. The van der Waals surface area contributed by atoms with Crippen LogP contribution in [-0.4, -0.2) is 33.2 Å². The number of benzene rings is 1. The van der Waals surface area contributed by atoms with E-state index in [0.717, 1.165) is 10.9 Å². The number of para-hydroxylation sites is 1. The average Bonchev–Trinajstić information content (AvgIpc) is 2.80. The lowest BCUT2D eigenvalue weighted by Crippen LogP contribution is -2.58. The first-order valence-corrected chi connectivity index (χ1v) is 6.94. The van der Waals surface area contributed by atoms with E-state index in [-0.39, 0.29) is 6.42 Å². The van der Waals surface area contributed by atoms with Crippen molar-refractivity contribution >= 4 is 22.8 Å². The van der Waals surface area contributed by atoms with E-state index < -0.39 is 23.1 Å². The van der Waals surface area contributed by atoms with Crippen molar-refractivity contribution in [1.82, 2.24) is 4.98 Å². The van der Waals surface area contributed by atoms with Crippen molar-refractivity contribution in [2.75, 3.05) is 0 Å². The zero-order valence-corrected chi connectivity index (χ0v) is 12.8. The van der Waals surface area contributed by atoms with Crippen LogP contribution in [0.4, 0.5) is 0 Å². The van der Waals surface area contributed by atoms with Crippen LogP contribution in [0.15, 0.2) is 30.5 Å². The standard InChI is InChI=1S/C16H20N2O4/c1-15(2,3)22-14(21)16(17,13(19)20)8-10-9-18-12-7-5-4-6-11(10)12/h4-7,9,18H,8,17H2,1-3H3,(H,19,20)/t16-/m0/s1. The fraction of sp³-hybridized carbons (Fsp3) is 0.375. The van der Waals surface area contributed by atoms with Gasteiger partial charge in [-0.25, -0.2) is 9.59 Å². The van der Waals surface area contributed by atoms with E-state index in [9.17, 15) is 14.7 Å². The highest BCUT2D eigenvalue weighted by Gasteiger charge is 2.46. The van der Waals surface area contributed by atoms with Gasteiger partial charge in [-0.3, -0.25) is 0 Å². The van der Waals surface area contributed by atoms with Crippen LogP contribution in [0.1, 0.15) is 26.3 Å². The van der Waals surface area contributed by atoms with Crippen LogP contribution < -0.4 is 5.73 Å². The Kier molecular flexibility index (Phi) is 3.98. The third kappa shape index (κ3) is 3.12. The van der Waals surface area contributed by atoms with Crippen molar-refractivity contribution in [3.05, 3.63) is 36.0 Å². The van der Waals surface area contributed by atoms with Gasteiger partial charge in [0.25, 0.3) is 0 Å². The number of carbonyl (C=O) groups excluding carboxylic acids is 1. The van der Waals surface area contributed by atoms with Gasteiger partial charge >= 0.3 is 11.9 Å². The summed E-state index contributed by atoms with van der Waals surface area (Å²) >= 11 is 0. The summed E-state index contributed by atoms with van der Waals surface area (Å²) in [7, 11) is 0. The van der Waals surface area contributed by atoms with Crippen LogP contribution >= 0.6 is 0 Å². The average molecular weight is 304 g/mol. The third-order valence-electron chi connectivity index (χ3n) is 3.29. The van der Waals surface area contributed by atoms with Crippen LogP contribution in [0.25, 0.3) is 10.9 Å². The van der Waals surface area contributed by atoms with Crippen LogP contribution in [0.3, 0.4) is 0 Å². The number of carboxylic acid groups (broad SMARTS) is 1. The van der Waals surface area contributed by atoms with Gasteiger partial charge in [0.2, 0.25) is 5.54 Å². The van der Waals surface area contributed by atoms with E-state index in [4.69, 9.17) is 10.5 Å². The van der Waals surface area contributed by atoms with Crippen LogP contribution in [0, 0.1) is 0 Å². The molecule has 6 nitrogen and oxygen atoms in total. The molecule has 1 aromatic heterocycles. The van der Waals surface area contributed by atoms with E-state index in [1.165, 1.54) is 0 Å². The van der Waals surface area contributed by atoms with Crippen molar-refractivity contribution in [3.8, 4) is 0 Å². The summed E-state index contributed by atoms with van der Waals surface area (Å²) in [5.41, 5.74) is 4.47. The molecule has 0 bridgehead atoms. The fourth-order valence-corrected chi connectivity index (χ4v) is 2.18. The number of carboxylic acids is 1. The molecule has 0 unspecified atom stereocenters.